The third-order valence-electron chi connectivity index (χ3n) is 2.09. The van der Waals surface area contributed by atoms with E-state index in [0.717, 1.165) is 0 Å². The van der Waals surface area contributed by atoms with Gasteiger partial charge in [0.15, 0.2) is 6.20 Å². The van der Waals surface area contributed by atoms with Crippen LogP contribution in [0.3, 0.4) is 0 Å². The van der Waals surface area contributed by atoms with E-state index in [1.165, 1.54) is 29.7 Å². The number of amides is 2. The number of rotatable bonds is 2. The molecule has 18 heavy (non-hydrogen) atoms. The largest absolute Gasteiger partial charge is 0.618 e. The number of hydrazine groups is 1. The van der Waals surface area contributed by atoms with Crippen LogP contribution >= 0.6 is 11.3 Å². The predicted molar refractivity (Wildman–Crippen MR) is 64.7 cm³/mol. The van der Waals surface area contributed by atoms with Crippen LogP contribution in [0, 0.1) is 5.21 Å². The molecule has 0 fully saturated rings. The molecule has 7 heteroatoms. The number of carbonyl (C=O) groups excluding carboxylic acids is 2. The molecule has 2 rings (SSSR count). The summed E-state index contributed by atoms with van der Waals surface area (Å²) < 4.78 is 0.423. The van der Waals surface area contributed by atoms with Crippen LogP contribution in [0.25, 0.3) is 0 Å². The molecule has 92 valence electrons. The van der Waals surface area contributed by atoms with Crippen molar-refractivity contribution in [3.63, 3.8) is 0 Å². The molecule has 2 N–H and O–H groups in total. The maximum Gasteiger partial charge on any atom is 0.335 e. The molecule has 2 aromatic heterocycles. The topological polar surface area (TPSA) is 85.1 Å². The molecule has 0 aromatic carbocycles. The van der Waals surface area contributed by atoms with E-state index in [9.17, 15) is 14.8 Å². The molecule has 0 aliphatic rings. The Kier molecular flexibility index (Phi) is 3.54. The van der Waals surface area contributed by atoms with Gasteiger partial charge in [-0.1, -0.05) is 6.07 Å². The van der Waals surface area contributed by atoms with E-state index >= 15 is 0 Å². The van der Waals surface area contributed by atoms with E-state index in [2.05, 4.69) is 10.9 Å². The second-order valence-electron chi connectivity index (χ2n) is 3.30. The van der Waals surface area contributed by atoms with Crippen molar-refractivity contribution in [3.05, 3.63) is 57.7 Å². The third kappa shape index (κ3) is 2.64. The van der Waals surface area contributed by atoms with Crippen molar-refractivity contribution in [1.29, 1.82) is 0 Å². The molecule has 0 saturated carbocycles. The molecule has 2 heterocycles. The van der Waals surface area contributed by atoms with Gasteiger partial charge in [-0.3, -0.25) is 20.4 Å². The third-order valence-corrected chi connectivity index (χ3v) is 2.96. The normalized spacial score (nSPS) is 9.78. The lowest BCUT2D eigenvalue weighted by Gasteiger charge is -2.06. The van der Waals surface area contributed by atoms with Gasteiger partial charge in [0.2, 0.25) is 0 Å². The van der Waals surface area contributed by atoms with E-state index in [-0.39, 0.29) is 5.69 Å². The quantitative estimate of drug-likeness (QED) is 0.469. The highest BCUT2D eigenvalue weighted by atomic mass is 32.1. The minimum Gasteiger partial charge on any atom is -0.618 e. The molecular formula is C11H9N3O3S. The molecular weight excluding hydrogens is 254 g/mol. The second kappa shape index (κ2) is 5.28. The first-order valence-electron chi connectivity index (χ1n) is 5.01. The van der Waals surface area contributed by atoms with Gasteiger partial charge < -0.3 is 5.21 Å². The first-order chi connectivity index (χ1) is 8.68. The van der Waals surface area contributed by atoms with Crippen LogP contribution in [-0.2, 0) is 0 Å². The molecule has 2 amide bonds. The number of hydrogen-bond acceptors (Lipinski definition) is 4. The Hall–Kier alpha value is -2.41. The highest BCUT2D eigenvalue weighted by molar-refractivity contribution is 7.12. The van der Waals surface area contributed by atoms with Crippen LogP contribution in [0.1, 0.15) is 20.2 Å². The van der Waals surface area contributed by atoms with Crippen LogP contribution in [0.5, 0.6) is 0 Å². The first-order valence-corrected chi connectivity index (χ1v) is 5.89. The van der Waals surface area contributed by atoms with Crippen LogP contribution in [0.15, 0.2) is 41.9 Å². The summed E-state index contributed by atoms with van der Waals surface area (Å²) in [4.78, 5) is 23.6. The summed E-state index contributed by atoms with van der Waals surface area (Å²) in [6.07, 6.45) is 1.20. The summed E-state index contributed by atoms with van der Waals surface area (Å²) in [5.74, 6) is -1.10. The van der Waals surface area contributed by atoms with Crippen LogP contribution in [-0.4, -0.2) is 11.8 Å². The Morgan fingerprint density at radius 3 is 2.56 bits per heavy atom. The van der Waals surface area contributed by atoms with Gasteiger partial charge in [-0.15, -0.1) is 11.3 Å². The van der Waals surface area contributed by atoms with Gasteiger partial charge in [-0.2, -0.15) is 4.73 Å². The van der Waals surface area contributed by atoms with E-state index in [0.29, 0.717) is 9.61 Å². The Labute approximate surface area is 106 Å². The van der Waals surface area contributed by atoms with Gasteiger partial charge in [0.05, 0.1) is 4.88 Å². The fourth-order valence-electron chi connectivity index (χ4n) is 1.25. The van der Waals surface area contributed by atoms with Crippen molar-refractivity contribution in [1.82, 2.24) is 10.9 Å². The molecule has 0 unspecified atom stereocenters. The lowest BCUT2D eigenvalue weighted by molar-refractivity contribution is -0.607. The van der Waals surface area contributed by atoms with E-state index in [1.807, 2.05) is 0 Å². The smallest absolute Gasteiger partial charge is 0.335 e. The Balaban J connectivity index is 1.97. The van der Waals surface area contributed by atoms with Crippen molar-refractivity contribution < 1.29 is 14.3 Å². The zero-order valence-electron chi connectivity index (χ0n) is 9.12. The fourth-order valence-corrected chi connectivity index (χ4v) is 1.87. The van der Waals surface area contributed by atoms with E-state index in [4.69, 9.17) is 0 Å². The summed E-state index contributed by atoms with van der Waals surface area (Å²) in [6.45, 7) is 0. The van der Waals surface area contributed by atoms with Crippen LogP contribution in [0.4, 0.5) is 0 Å². The fraction of sp³-hybridized carbons (Fsp3) is 0. The molecule has 0 bridgehead atoms. The first kappa shape index (κ1) is 12.1. The Morgan fingerprint density at radius 2 is 1.89 bits per heavy atom. The van der Waals surface area contributed by atoms with Crippen LogP contribution < -0.4 is 15.6 Å². The molecule has 2 aromatic rings. The number of pyridine rings is 1. The van der Waals surface area contributed by atoms with Gasteiger partial charge in [0.1, 0.15) is 0 Å². The molecule has 0 spiro atoms. The molecule has 0 aliphatic heterocycles. The molecule has 0 aliphatic carbocycles. The summed E-state index contributed by atoms with van der Waals surface area (Å²) in [7, 11) is 0. The monoisotopic (exact) mass is 263 g/mol. The number of carbonyl (C=O) groups is 2. The van der Waals surface area contributed by atoms with Crippen molar-refractivity contribution in [3.8, 4) is 0 Å². The van der Waals surface area contributed by atoms with Gasteiger partial charge in [-0.05, 0) is 17.5 Å². The average molecular weight is 263 g/mol. The Bertz CT molecular complexity index is 569. The lowest BCUT2D eigenvalue weighted by atomic mass is 10.3. The van der Waals surface area contributed by atoms with Gasteiger partial charge >= 0.3 is 5.91 Å². The number of nitrogens with one attached hydrogen (secondary N) is 2. The van der Waals surface area contributed by atoms with Crippen molar-refractivity contribution in [2.24, 2.45) is 0 Å². The SMILES string of the molecule is O=C(NNC(=O)c1cccc[n+]1[O-])c1cccs1. The maximum atomic E-state index is 11.6. The lowest BCUT2D eigenvalue weighted by Crippen LogP contribution is -2.46. The van der Waals surface area contributed by atoms with E-state index in [1.54, 1.807) is 23.6 Å². The highest BCUT2D eigenvalue weighted by Gasteiger charge is 2.16. The van der Waals surface area contributed by atoms with Crippen molar-refractivity contribution in [2.45, 2.75) is 0 Å². The number of nitrogens with zero attached hydrogens (tertiary/aromatic N) is 1. The zero-order chi connectivity index (χ0) is 13.0. The maximum absolute atomic E-state index is 11.6. The second-order valence-corrected chi connectivity index (χ2v) is 4.24. The van der Waals surface area contributed by atoms with E-state index < -0.39 is 11.8 Å². The molecule has 6 nitrogen and oxygen atoms in total. The van der Waals surface area contributed by atoms with Gasteiger partial charge in [-0.25, -0.2) is 0 Å². The predicted octanol–water partition coefficient (Wildman–Crippen LogP) is 0.456. The summed E-state index contributed by atoms with van der Waals surface area (Å²) >= 11 is 1.25. The van der Waals surface area contributed by atoms with Crippen molar-refractivity contribution >= 4 is 23.2 Å². The summed E-state index contributed by atoms with van der Waals surface area (Å²) in [5, 5.41) is 13.0. The molecule has 0 atom stereocenters. The number of thiophene rings is 1. The minimum atomic E-state index is -0.671. The van der Waals surface area contributed by atoms with Gasteiger partial charge in [0, 0.05) is 12.1 Å². The van der Waals surface area contributed by atoms with Gasteiger partial charge in [0.25, 0.3) is 11.6 Å². The zero-order valence-corrected chi connectivity index (χ0v) is 9.94. The van der Waals surface area contributed by atoms with Crippen LogP contribution in [0.2, 0.25) is 0 Å². The summed E-state index contributed by atoms with van der Waals surface area (Å²) in [5.41, 5.74) is 4.31. The number of aromatic nitrogens is 1. The number of hydrogen-bond donors (Lipinski definition) is 2. The van der Waals surface area contributed by atoms with Crippen molar-refractivity contribution in [2.75, 3.05) is 0 Å². The highest BCUT2D eigenvalue weighted by Crippen LogP contribution is 2.07. The minimum absolute atomic E-state index is 0.0935. The standard InChI is InChI=1S/C11H9N3O3S/c15-10(8-4-1-2-6-14(8)17)12-13-11(16)9-5-3-7-18-9/h1-7H,(H,12,15)(H,13,16). The Morgan fingerprint density at radius 1 is 1.11 bits per heavy atom. The molecule has 0 saturated heterocycles. The molecule has 0 radical (unpaired) electrons. The average Bonchev–Trinajstić information content (AvgIpc) is 2.90. The summed E-state index contributed by atoms with van der Waals surface area (Å²) in [6, 6.07) is 7.78.